The van der Waals surface area contributed by atoms with Crippen molar-refractivity contribution in [2.24, 2.45) is 0 Å². The van der Waals surface area contributed by atoms with Gasteiger partial charge < -0.3 is 49.4 Å². The molecule has 0 saturated carbocycles. The van der Waals surface area contributed by atoms with E-state index in [0.717, 1.165) is 103 Å². The van der Waals surface area contributed by atoms with Gasteiger partial charge in [0.2, 0.25) is 0 Å². The van der Waals surface area contributed by atoms with Crippen LogP contribution in [-0.2, 0) is 49.4 Å². The van der Waals surface area contributed by atoms with E-state index >= 15 is 0 Å². The molecule has 0 amide bonds. The molecule has 544 valence electrons. The molecule has 0 unspecified atom stereocenters. The van der Waals surface area contributed by atoms with Crippen molar-refractivity contribution in [1.29, 1.82) is 0 Å². The molecule has 0 spiro atoms. The second kappa shape index (κ2) is 49.0. The summed E-state index contributed by atoms with van der Waals surface area (Å²) in [5, 5.41) is 0. The van der Waals surface area contributed by atoms with Gasteiger partial charge in [0.15, 0.2) is 0 Å². The number of hydrogen-bond donors (Lipinski definition) is 0. The number of unbranched alkanes of at least 4 members (excludes halogenated alkanes) is 48. The summed E-state index contributed by atoms with van der Waals surface area (Å²) >= 11 is 0. The zero-order chi connectivity index (χ0) is 65.7. The first kappa shape index (κ1) is 83.9. The molecule has 6 aliphatic heterocycles. The highest BCUT2D eigenvalue weighted by Gasteiger charge is 2.82. The van der Waals surface area contributed by atoms with Crippen LogP contribution in [0.1, 0.15) is 415 Å². The van der Waals surface area contributed by atoms with Crippen LogP contribution in [0.15, 0.2) is 0 Å². The zero-order valence-corrected chi connectivity index (χ0v) is 70.2. The summed E-state index contributed by atoms with van der Waals surface area (Å²) in [5.41, 5.74) is 0. The monoisotopic (exact) mass is 1430 g/mol. The molecule has 0 N–H and O–H groups in total. The Labute approximate surface area is 579 Å². The predicted octanol–water partition coefficient (Wildman–Crippen LogP) is 25.8. The Morgan fingerprint density at radius 2 is 0.185 bits per heavy atom. The molecule has 8 bridgehead atoms. The summed E-state index contributed by atoms with van der Waals surface area (Å²) in [7, 11) is -31.9. The van der Waals surface area contributed by atoms with Gasteiger partial charge in [-0.2, -0.15) is 0 Å². The van der Waals surface area contributed by atoms with Gasteiger partial charge in [-0.3, -0.25) is 0 Å². The highest BCUT2D eigenvalue weighted by Crippen LogP contribution is 2.55. The normalized spacial score (nSPS) is 28.4. The third-order valence-electron chi connectivity index (χ3n) is 20.4. The van der Waals surface area contributed by atoms with Gasteiger partial charge >= 0.3 is 70.4 Å². The van der Waals surface area contributed by atoms with Crippen molar-refractivity contribution in [1.82, 2.24) is 0 Å². The van der Waals surface area contributed by atoms with Crippen molar-refractivity contribution in [3.63, 3.8) is 0 Å². The van der Waals surface area contributed by atoms with Crippen LogP contribution in [0.3, 0.4) is 0 Å². The average molecular weight is 1430 g/mol. The van der Waals surface area contributed by atoms with E-state index in [1.165, 1.54) is 257 Å². The Hall–Kier alpha value is 1.26. The Bertz CT molecular complexity index is 1360. The lowest BCUT2D eigenvalue weighted by Gasteiger charge is -2.63. The van der Waals surface area contributed by atoms with Crippen molar-refractivity contribution < 1.29 is 49.4 Å². The summed E-state index contributed by atoms with van der Waals surface area (Å²) in [6.45, 7) is 18.5. The molecule has 20 heteroatoms. The van der Waals surface area contributed by atoms with Gasteiger partial charge in [-0.05, 0) is 51.4 Å². The van der Waals surface area contributed by atoms with E-state index in [1.54, 1.807) is 0 Å². The first-order chi connectivity index (χ1) is 45.0. The minimum absolute atomic E-state index is 0.640. The number of rotatable bonds is 64. The highest BCUT2D eigenvalue weighted by molar-refractivity contribution is 7.03. The van der Waals surface area contributed by atoms with Crippen LogP contribution >= 0.6 is 0 Å². The fourth-order valence-corrected chi connectivity index (χ4v) is 66.0. The van der Waals surface area contributed by atoms with Crippen molar-refractivity contribution in [2.75, 3.05) is 0 Å². The van der Waals surface area contributed by atoms with E-state index < -0.39 is 70.4 Å². The van der Waals surface area contributed by atoms with Crippen LogP contribution in [0, 0.1) is 0 Å². The largest absolute Gasteiger partial charge is 0.478 e. The Morgan fingerprint density at radius 3 is 0.272 bits per heavy atom. The second-order valence-electron chi connectivity index (χ2n) is 29.7. The second-order valence-corrected chi connectivity index (χ2v) is 54.4. The van der Waals surface area contributed by atoms with Gasteiger partial charge in [-0.15, -0.1) is 0 Å². The van der Waals surface area contributed by atoms with Gasteiger partial charge in [0, 0.05) is 48.4 Å². The standard InChI is InChI=1S/C72H152O12Si8/c1-9-17-25-33-41-49-57-65-85-73-86(66-58-50-42-34-26-18-10-2)76-89(69-61-53-45-37-29-21-13-5)78-87(74-85,67-59-51-43-35-27-19-11-3)80-91(71-63-55-47-39-31-23-15-7)81-88(75-85,68-60-52-44-36-28-20-12-4)79-90(77-86,70-62-54-46-38-30-22-14-6)83-92(82-89,84-91)72-64-56-48-40-32-24-16-8/h9-72H2,1-8H3. The van der Waals surface area contributed by atoms with E-state index in [-0.39, 0.29) is 0 Å². The molecule has 12 nitrogen and oxygen atoms in total. The fourth-order valence-electron chi connectivity index (χ4n) is 15.0. The molecule has 0 atom stereocenters. The van der Waals surface area contributed by atoms with Crippen molar-refractivity contribution in [3.05, 3.63) is 0 Å². The van der Waals surface area contributed by atoms with E-state index in [9.17, 15) is 0 Å². The maximum absolute atomic E-state index is 8.50. The number of hydrogen-bond acceptors (Lipinski definition) is 12. The lowest BCUT2D eigenvalue weighted by atomic mass is 10.1. The van der Waals surface area contributed by atoms with E-state index in [2.05, 4.69) is 55.4 Å². The van der Waals surface area contributed by atoms with Crippen LogP contribution < -0.4 is 0 Å². The maximum Gasteiger partial charge on any atom is 0.478 e. The molecule has 0 radical (unpaired) electrons. The molecule has 92 heavy (non-hydrogen) atoms. The quantitative estimate of drug-likeness (QED) is 0.0427. The Balaban J connectivity index is 1.82. The van der Waals surface area contributed by atoms with Crippen LogP contribution in [0.5, 0.6) is 0 Å². The third-order valence-corrected chi connectivity index (χ3v) is 58.0. The summed E-state index contributed by atoms with van der Waals surface area (Å²) in [5.74, 6) is 0. The Morgan fingerprint density at radius 1 is 0.109 bits per heavy atom. The molecule has 6 fully saturated rings. The van der Waals surface area contributed by atoms with Crippen molar-refractivity contribution >= 4 is 70.4 Å². The van der Waals surface area contributed by atoms with Gasteiger partial charge in [0.05, 0.1) is 0 Å². The van der Waals surface area contributed by atoms with Crippen LogP contribution in [0.4, 0.5) is 0 Å². The summed E-state index contributed by atoms with van der Waals surface area (Å²) in [6.07, 6.45) is 65.8. The minimum Gasteiger partial charge on any atom is -0.373 e. The minimum atomic E-state index is -3.99. The molecule has 6 aliphatic rings. The van der Waals surface area contributed by atoms with Gasteiger partial charge in [0.1, 0.15) is 0 Å². The smallest absolute Gasteiger partial charge is 0.373 e. The van der Waals surface area contributed by atoms with Crippen LogP contribution in [0.2, 0.25) is 48.4 Å². The molecular weight excluding hydrogens is 1280 g/mol. The zero-order valence-electron chi connectivity index (χ0n) is 62.2. The topological polar surface area (TPSA) is 111 Å². The van der Waals surface area contributed by atoms with E-state index in [1.807, 2.05) is 0 Å². The predicted molar refractivity (Wildman–Crippen MR) is 401 cm³/mol. The summed E-state index contributed by atoms with van der Waals surface area (Å²) in [6, 6.07) is 5.12. The average Bonchev–Trinajstić information content (AvgIpc) is 0.690. The summed E-state index contributed by atoms with van der Waals surface area (Å²) in [4.78, 5) is 0. The highest BCUT2D eigenvalue weighted by atomic mass is 28.6. The lowest BCUT2D eigenvalue weighted by molar-refractivity contribution is -0.0314. The third kappa shape index (κ3) is 31.6. The van der Waals surface area contributed by atoms with Gasteiger partial charge in [-0.25, -0.2) is 0 Å². The molecule has 0 aromatic rings. The molecule has 6 saturated heterocycles. The maximum atomic E-state index is 8.50. The first-order valence-corrected chi connectivity index (χ1v) is 56.8. The molecule has 6 heterocycles. The first-order valence-electron chi connectivity index (χ1n) is 41.4. The van der Waals surface area contributed by atoms with E-state index in [4.69, 9.17) is 49.4 Å². The fraction of sp³-hybridized carbons (Fsp3) is 1.00. The van der Waals surface area contributed by atoms with Crippen molar-refractivity contribution in [3.8, 4) is 0 Å². The van der Waals surface area contributed by atoms with Crippen molar-refractivity contribution in [2.45, 2.75) is 463 Å². The molecule has 0 aromatic heterocycles. The Kier molecular flexibility index (Phi) is 44.7. The summed E-state index contributed by atoms with van der Waals surface area (Å²) < 4.78 is 102. The SMILES string of the molecule is CCCCCCCCC[Si]12O[Si]3(CCCCCCCCC)O[Si]4(CCCCCCCCC)O[Si](CCCCCCCCC)(O1)O[Si]1(CCCCCCCCC)O[Si](CCCCCCCCC)(O2)O[Si](CCCCCCCCC)(O3)O[Si](CCCCCCCCC)(O4)O1. The lowest BCUT2D eigenvalue weighted by Crippen LogP contribution is -2.88. The molecule has 0 aliphatic carbocycles. The molecule has 0 aromatic carbocycles. The van der Waals surface area contributed by atoms with Gasteiger partial charge in [-0.1, -0.05) is 364 Å². The molecular formula is C72H152O12Si8. The van der Waals surface area contributed by atoms with Gasteiger partial charge in [0.25, 0.3) is 0 Å². The molecule has 6 rings (SSSR count). The van der Waals surface area contributed by atoms with Crippen LogP contribution in [-0.4, -0.2) is 70.4 Å². The van der Waals surface area contributed by atoms with Crippen LogP contribution in [0.25, 0.3) is 0 Å². The van der Waals surface area contributed by atoms with E-state index in [0.29, 0.717) is 48.4 Å².